The molecule has 1 aliphatic rings. The Bertz CT molecular complexity index is 489. The Morgan fingerprint density at radius 3 is 2.82 bits per heavy atom. The zero-order valence-electron chi connectivity index (χ0n) is 9.24. The molecule has 0 saturated carbocycles. The van der Waals surface area contributed by atoms with Crippen molar-refractivity contribution in [2.75, 3.05) is 6.54 Å². The van der Waals surface area contributed by atoms with Crippen LogP contribution in [0.2, 0.25) is 5.02 Å². The molecule has 0 aromatic heterocycles. The Labute approximate surface area is 113 Å². The smallest absolute Gasteiger partial charge is 0.261 e. The van der Waals surface area contributed by atoms with Crippen molar-refractivity contribution in [1.29, 1.82) is 0 Å². The summed E-state index contributed by atoms with van der Waals surface area (Å²) in [7, 11) is 0. The van der Waals surface area contributed by atoms with Crippen LogP contribution in [0.1, 0.15) is 23.7 Å². The minimum atomic E-state index is -0.284. The summed E-state index contributed by atoms with van der Waals surface area (Å²) in [6.07, 6.45) is 0.434. The van der Waals surface area contributed by atoms with Crippen LogP contribution < -0.4 is 0 Å². The van der Waals surface area contributed by atoms with Gasteiger partial charge in [-0.05, 0) is 40.0 Å². The Balaban J connectivity index is 2.31. The zero-order valence-corrected chi connectivity index (χ0v) is 11.6. The van der Waals surface area contributed by atoms with Crippen molar-refractivity contribution >= 4 is 39.3 Å². The van der Waals surface area contributed by atoms with E-state index < -0.39 is 0 Å². The Kier molecular flexibility index (Phi) is 3.54. The first-order chi connectivity index (χ1) is 7.99. The molecule has 1 fully saturated rings. The maximum absolute atomic E-state index is 12.2. The van der Waals surface area contributed by atoms with Crippen LogP contribution in [-0.4, -0.2) is 23.3 Å². The molecular weight excluding hydrogens is 305 g/mol. The average molecular weight is 317 g/mol. The van der Waals surface area contributed by atoms with Gasteiger partial charge in [-0.15, -0.1) is 0 Å². The van der Waals surface area contributed by atoms with Crippen molar-refractivity contribution in [1.82, 2.24) is 4.90 Å². The number of benzene rings is 1. The second-order valence-electron chi connectivity index (χ2n) is 4.24. The first-order valence-corrected chi connectivity index (χ1v) is 6.46. The van der Waals surface area contributed by atoms with Gasteiger partial charge in [0.05, 0.1) is 5.56 Å². The first-order valence-electron chi connectivity index (χ1n) is 5.29. The molecule has 0 aliphatic carbocycles. The molecule has 3 nitrogen and oxygen atoms in total. The number of nitrogens with zero attached hydrogens (tertiary/aromatic N) is 1. The van der Waals surface area contributed by atoms with Crippen LogP contribution in [0.25, 0.3) is 0 Å². The predicted octanol–water partition coefficient (Wildman–Crippen LogP) is 3.11. The number of carbonyl (C=O) groups is 2. The van der Waals surface area contributed by atoms with Gasteiger partial charge in [0, 0.05) is 22.5 Å². The molecule has 0 bridgehead atoms. The van der Waals surface area contributed by atoms with Crippen molar-refractivity contribution in [3.63, 3.8) is 0 Å². The number of halogens is 2. The van der Waals surface area contributed by atoms with Crippen LogP contribution in [0.3, 0.4) is 0 Å². The third-order valence-electron chi connectivity index (χ3n) is 2.72. The lowest BCUT2D eigenvalue weighted by Crippen LogP contribution is -2.32. The van der Waals surface area contributed by atoms with Crippen LogP contribution >= 0.6 is 27.5 Å². The van der Waals surface area contributed by atoms with Gasteiger partial charge in [0.1, 0.15) is 0 Å². The number of imide groups is 1. The quantitative estimate of drug-likeness (QED) is 0.747. The Morgan fingerprint density at radius 1 is 1.53 bits per heavy atom. The molecule has 0 radical (unpaired) electrons. The predicted molar refractivity (Wildman–Crippen MR) is 69.0 cm³/mol. The van der Waals surface area contributed by atoms with E-state index in [-0.39, 0.29) is 17.7 Å². The molecule has 90 valence electrons. The van der Waals surface area contributed by atoms with Gasteiger partial charge in [0.25, 0.3) is 5.91 Å². The average Bonchev–Trinajstić information content (AvgIpc) is 2.60. The van der Waals surface area contributed by atoms with E-state index in [2.05, 4.69) is 15.9 Å². The van der Waals surface area contributed by atoms with E-state index in [1.54, 1.807) is 18.2 Å². The monoisotopic (exact) mass is 315 g/mol. The molecule has 2 rings (SSSR count). The lowest BCUT2D eigenvalue weighted by molar-refractivity contribution is -0.125. The molecule has 2 amide bonds. The highest BCUT2D eigenvalue weighted by atomic mass is 79.9. The molecule has 1 atom stereocenters. The Hall–Kier alpha value is -0.870. The summed E-state index contributed by atoms with van der Waals surface area (Å²) in [4.78, 5) is 25.1. The highest BCUT2D eigenvalue weighted by Crippen LogP contribution is 2.25. The summed E-state index contributed by atoms with van der Waals surface area (Å²) in [5.41, 5.74) is 0.431. The molecule has 1 aromatic rings. The van der Waals surface area contributed by atoms with Crippen LogP contribution in [-0.2, 0) is 4.79 Å². The molecule has 0 N–H and O–H groups in total. The number of carbonyl (C=O) groups excluding carboxylic acids is 2. The SMILES string of the molecule is CC1CC(=O)N(C(=O)c2cc(Cl)ccc2Br)C1. The lowest BCUT2D eigenvalue weighted by atomic mass is 10.2. The number of likely N-dealkylation sites (tertiary alicyclic amines) is 1. The molecule has 1 aromatic carbocycles. The number of hydrogen-bond acceptors (Lipinski definition) is 2. The molecule has 1 heterocycles. The first kappa shape index (κ1) is 12.6. The second kappa shape index (κ2) is 4.78. The van der Waals surface area contributed by atoms with E-state index in [1.165, 1.54) is 4.90 Å². The fourth-order valence-corrected chi connectivity index (χ4v) is 2.48. The molecule has 5 heteroatoms. The molecular formula is C12H11BrClNO2. The third-order valence-corrected chi connectivity index (χ3v) is 3.65. The topological polar surface area (TPSA) is 37.4 Å². The standard InChI is InChI=1S/C12H11BrClNO2/c1-7-4-11(16)15(6-7)12(17)9-5-8(14)2-3-10(9)13/h2-3,5,7H,4,6H2,1H3. The van der Waals surface area contributed by atoms with Gasteiger partial charge in [-0.3, -0.25) is 14.5 Å². The summed E-state index contributed by atoms with van der Waals surface area (Å²) >= 11 is 9.15. The number of hydrogen-bond donors (Lipinski definition) is 0. The van der Waals surface area contributed by atoms with Crippen LogP contribution in [0.4, 0.5) is 0 Å². The van der Waals surface area contributed by atoms with Gasteiger partial charge < -0.3 is 0 Å². The van der Waals surface area contributed by atoms with Crippen molar-refractivity contribution in [3.8, 4) is 0 Å². The Morgan fingerprint density at radius 2 is 2.24 bits per heavy atom. The van der Waals surface area contributed by atoms with Gasteiger partial charge in [0.15, 0.2) is 0 Å². The summed E-state index contributed by atoms with van der Waals surface area (Å²) in [5.74, 6) is -0.174. The third kappa shape index (κ3) is 2.53. The highest BCUT2D eigenvalue weighted by Gasteiger charge is 2.32. The lowest BCUT2D eigenvalue weighted by Gasteiger charge is -2.15. The second-order valence-corrected chi connectivity index (χ2v) is 5.53. The summed E-state index contributed by atoms with van der Waals surface area (Å²) < 4.78 is 0.652. The van der Waals surface area contributed by atoms with E-state index >= 15 is 0 Å². The van der Waals surface area contributed by atoms with E-state index in [0.29, 0.717) is 28.0 Å². The molecule has 17 heavy (non-hydrogen) atoms. The van der Waals surface area contributed by atoms with E-state index in [1.807, 2.05) is 6.92 Å². The van der Waals surface area contributed by atoms with E-state index in [9.17, 15) is 9.59 Å². The van der Waals surface area contributed by atoms with E-state index in [0.717, 1.165) is 0 Å². The van der Waals surface area contributed by atoms with Gasteiger partial charge >= 0.3 is 0 Å². The fraction of sp³-hybridized carbons (Fsp3) is 0.333. The van der Waals surface area contributed by atoms with Gasteiger partial charge in [0.2, 0.25) is 5.91 Å². The van der Waals surface area contributed by atoms with Crippen molar-refractivity contribution in [3.05, 3.63) is 33.3 Å². The largest absolute Gasteiger partial charge is 0.278 e. The molecule has 1 saturated heterocycles. The molecule has 0 spiro atoms. The summed E-state index contributed by atoms with van der Waals surface area (Å²) in [6, 6.07) is 4.97. The number of amides is 2. The number of rotatable bonds is 1. The molecule has 1 aliphatic heterocycles. The molecule has 1 unspecified atom stereocenters. The maximum Gasteiger partial charge on any atom is 0.261 e. The van der Waals surface area contributed by atoms with Gasteiger partial charge in [-0.25, -0.2) is 0 Å². The normalized spacial score (nSPS) is 19.8. The van der Waals surface area contributed by atoms with Gasteiger partial charge in [-0.1, -0.05) is 18.5 Å². The van der Waals surface area contributed by atoms with Crippen LogP contribution in [0.5, 0.6) is 0 Å². The minimum Gasteiger partial charge on any atom is -0.278 e. The maximum atomic E-state index is 12.2. The highest BCUT2D eigenvalue weighted by molar-refractivity contribution is 9.10. The van der Waals surface area contributed by atoms with Crippen molar-refractivity contribution in [2.45, 2.75) is 13.3 Å². The van der Waals surface area contributed by atoms with Crippen LogP contribution in [0.15, 0.2) is 22.7 Å². The fourth-order valence-electron chi connectivity index (χ4n) is 1.89. The van der Waals surface area contributed by atoms with Crippen molar-refractivity contribution < 1.29 is 9.59 Å². The zero-order chi connectivity index (χ0) is 12.6. The van der Waals surface area contributed by atoms with Crippen molar-refractivity contribution in [2.24, 2.45) is 5.92 Å². The minimum absolute atomic E-state index is 0.116. The summed E-state index contributed by atoms with van der Waals surface area (Å²) in [6.45, 7) is 2.44. The van der Waals surface area contributed by atoms with E-state index in [4.69, 9.17) is 11.6 Å². The summed E-state index contributed by atoms with van der Waals surface area (Å²) in [5, 5.41) is 0.483. The van der Waals surface area contributed by atoms with Crippen LogP contribution in [0, 0.1) is 5.92 Å². The van der Waals surface area contributed by atoms with Gasteiger partial charge in [-0.2, -0.15) is 0 Å².